The molecule has 0 bridgehead atoms. The highest BCUT2D eigenvalue weighted by molar-refractivity contribution is 6.06. The summed E-state index contributed by atoms with van der Waals surface area (Å²) in [6.45, 7) is 5.05. The van der Waals surface area contributed by atoms with Gasteiger partial charge in [0.05, 0.1) is 5.69 Å². The summed E-state index contributed by atoms with van der Waals surface area (Å²) in [5, 5.41) is 3.19. The van der Waals surface area contributed by atoms with E-state index in [4.69, 9.17) is 0 Å². The standard InChI is InChI=1S/C38H38N6O4/c1-2-34(45)43-23-9-14-33(43)38(48)44(31-17-15-27(16-18-31)32-13-6-7-22-40-32)35(29-12-8-21-39-26-29)36(46)41-30-19-24-42(25-20-30)37(47)28-10-4-3-5-11-28/h2-8,10-13,15-18,21-22,26,30,33,35H,1,9,14,19-20,23-25H2,(H,41,46). The van der Waals surface area contributed by atoms with Gasteiger partial charge in [-0.3, -0.25) is 34.0 Å². The van der Waals surface area contributed by atoms with Crippen molar-refractivity contribution in [2.75, 3.05) is 24.5 Å². The highest BCUT2D eigenvalue weighted by Crippen LogP contribution is 2.33. The molecule has 1 N–H and O–H groups in total. The van der Waals surface area contributed by atoms with Crippen molar-refractivity contribution in [1.29, 1.82) is 0 Å². The first-order valence-electron chi connectivity index (χ1n) is 16.3. The average molecular weight is 643 g/mol. The number of carbonyl (C=O) groups is 4. The van der Waals surface area contributed by atoms with E-state index >= 15 is 0 Å². The summed E-state index contributed by atoms with van der Waals surface area (Å²) in [5.74, 6) is -1.08. The second kappa shape index (κ2) is 14.8. The van der Waals surface area contributed by atoms with Gasteiger partial charge >= 0.3 is 0 Å². The fourth-order valence-electron chi connectivity index (χ4n) is 6.52. The fraction of sp³-hybridized carbons (Fsp3) is 0.263. The van der Waals surface area contributed by atoms with Gasteiger partial charge in [-0.05, 0) is 74.2 Å². The quantitative estimate of drug-likeness (QED) is 0.262. The number of hydrogen-bond donors (Lipinski definition) is 1. The van der Waals surface area contributed by atoms with E-state index in [9.17, 15) is 19.2 Å². The minimum atomic E-state index is -1.07. The normalized spacial score (nSPS) is 17.0. The predicted molar refractivity (Wildman–Crippen MR) is 183 cm³/mol. The molecule has 4 amide bonds. The SMILES string of the molecule is C=CC(=O)N1CCCC1C(=O)N(c1ccc(-c2ccccn2)cc1)C(C(=O)NC1CCN(C(=O)c2ccccc2)CC1)c1cccnc1. The highest BCUT2D eigenvalue weighted by atomic mass is 16.2. The van der Waals surface area contributed by atoms with Crippen LogP contribution >= 0.6 is 0 Å². The Morgan fingerprint density at radius 2 is 1.60 bits per heavy atom. The Morgan fingerprint density at radius 1 is 0.854 bits per heavy atom. The summed E-state index contributed by atoms with van der Waals surface area (Å²) in [6, 6.07) is 23.7. The van der Waals surface area contributed by atoms with Crippen LogP contribution in [0.3, 0.4) is 0 Å². The minimum absolute atomic E-state index is 0.0327. The molecule has 10 heteroatoms. The van der Waals surface area contributed by atoms with Crippen molar-refractivity contribution in [3.05, 3.63) is 127 Å². The van der Waals surface area contributed by atoms with Gasteiger partial charge in [0.2, 0.25) is 11.8 Å². The van der Waals surface area contributed by atoms with E-state index in [1.54, 1.807) is 59.9 Å². The lowest BCUT2D eigenvalue weighted by atomic mass is 9.99. The van der Waals surface area contributed by atoms with Crippen molar-refractivity contribution in [2.24, 2.45) is 0 Å². The van der Waals surface area contributed by atoms with E-state index in [-0.39, 0.29) is 29.7 Å². The molecule has 0 spiro atoms. The number of rotatable bonds is 9. The summed E-state index contributed by atoms with van der Waals surface area (Å²) in [7, 11) is 0. The third-order valence-corrected chi connectivity index (χ3v) is 9.00. The molecule has 0 saturated carbocycles. The van der Waals surface area contributed by atoms with E-state index in [2.05, 4.69) is 21.9 Å². The van der Waals surface area contributed by atoms with Gasteiger partial charge in [-0.25, -0.2) is 0 Å². The Kier molecular flexibility index (Phi) is 9.99. The molecule has 2 aromatic carbocycles. The monoisotopic (exact) mass is 642 g/mol. The Morgan fingerprint density at radius 3 is 2.27 bits per heavy atom. The van der Waals surface area contributed by atoms with Crippen LogP contribution in [-0.2, 0) is 14.4 Å². The molecule has 2 unspecified atom stereocenters. The first-order chi connectivity index (χ1) is 23.4. The van der Waals surface area contributed by atoms with Crippen LogP contribution in [0.25, 0.3) is 11.3 Å². The third-order valence-electron chi connectivity index (χ3n) is 9.00. The van der Waals surface area contributed by atoms with Crippen molar-refractivity contribution in [3.8, 4) is 11.3 Å². The van der Waals surface area contributed by atoms with E-state index in [1.165, 1.54) is 15.9 Å². The first-order valence-corrected chi connectivity index (χ1v) is 16.3. The van der Waals surface area contributed by atoms with Crippen molar-refractivity contribution in [1.82, 2.24) is 25.1 Å². The summed E-state index contributed by atoms with van der Waals surface area (Å²) < 4.78 is 0. The molecular weight excluding hydrogens is 604 g/mol. The van der Waals surface area contributed by atoms with E-state index in [0.717, 1.165) is 11.3 Å². The number of pyridine rings is 2. The van der Waals surface area contributed by atoms with Crippen LogP contribution < -0.4 is 10.2 Å². The molecule has 0 radical (unpaired) electrons. The number of nitrogens with one attached hydrogen (secondary N) is 1. The molecule has 2 atom stereocenters. The molecule has 2 fully saturated rings. The lowest BCUT2D eigenvalue weighted by Crippen LogP contribution is -2.54. The van der Waals surface area contributed by atoms with Crippen molar-refractivity contribution in [3.63, 3.8) is 0 Å². The summed E-state index contributed by atoms with van der Waals surface area (Å²) >= 11 is 0. The zero-order valence-corrected chi connectivity index (χ0v) is 26.7. The molecular formula is C38H38N6O4. The average Bonchev–Trinajstić information content (AvgIpc) is 3.65. The largest absolute Gasteiger partial charge is 0.351 e. The molecule has 48 heavy (non-hydrogen) atoms. The lowest BCUT2D eigenvalue weighted by molar-refractivity contribution is -0.135. The Hall–Kier alpha value is -5.64. The fourth-order valence-corrected chi connectivity index (χ4v) is 6.52. The molecule has 4 heterocycles. The molecule has 4 aromatic rings. The molecule has 244 valence electrons. The molecule has 6 rings (SSSR count). The summed E-state index contributed by atoms with van der Waals surface area (Å²) in [6.07, 6.45) is 8.42. The van der Waals surface area contributed by atoms with Crippen LogP contribution in [0.2, 0.25) is 0 Å². The maximum Gasteiger partial charge on any atom is 0.253 e. The second-order valence-corrected chi connectivity index (χ2v) is 12.0. The summed E-state index contributed by atoms with van der Waals surface area (Å²) in [4.78, 5) is 68.5. The number of piperidine rings is 1. The van der Waals surface area contributed by atoms with Gasteiger partial charge in [0.1, 0.15) is 12.1 Å². The van der Waals surface area contributed by atoms with E-state index in [0.29, 0.717) is 62.1 Å². The maximum absolute atomic E-state index is 14.6. The van der Waals surface area contributed by atoms with Crippen LogP contribution in [0.4, 0.5) is 5.69 Å². The van der Waals surface area contributed by atoms with Gasteiger partial charge in [0, 0.05) is 66.6 Å². The number of likely N-dealkylation sites (tertiary alicyclic amines) is 2. The lowest BCUT2D eigenvalue weighted by Gasteiger charge is -2.37. The highest BCUT2D eigenvalue weighted by Gasteiger charge is 2.42. The number of nitrogens with zero attached hydrogens (tertiary/aromatic N) is 5. The minimum Gasteiger partial charge on any atom is -0.351 e. The van der Waals surface area contributed by atoms with E-state index in [1.807, 2.05) is 48.5 Å². The van der Waals surface area contributed by atoms with Crippen LogP contribution in [0, 0.1) is 0 Å². The number of amides is 4. The predicted octanol–water partition coefficient (Wildman–Crippen LogP) is 4.82. The van der Waals surface area contributed by atoms with Gasteiger partial charge in [-0.15, -0.1) is 0 Å². The van der Waals surface area contributed by atoms with Crippen LogP contribution in [-0.4, -0.2) is 75.1 Å². The van der Waals surface area contributed by atoms with Crippen molar-refractivity contribution < 1.29 is 19.2 Å². The van der Waals surface area contributed by atoms with Gasteiger partial charge in [0.25, 0.3) is 11.8 Å². The van der Waals surface area contributed by atoms with Gasteiger partial charge in [-0.2, -0.15) is 0 Å². The molecule has 2 saturated heterocycles. The molecule has 2 aromatic heterocycles. The van der Waals surface area contributed by atoms with Crippen LogP contribution in [0.15, 0.2) is 116 Å². The topological polar surface area (TPSA) is 116 Å². The summed E-state index contributed by atoms with van der Waals surface area (Å²) in [5.41, 5.74) is 3.31. The number of carbonyl (C=O) groups excluding carboxylic acids is 4. The molecule has 10 nitrogen and oxygen atoms in total. The number of aromatic nitrogens is 2. The number of hydrogen-bond acceptors (Lipinski definition) is 6. The van der Waals surface area contributed by atoms with Gasteiger partial charge in [0.15, 0.2) is 0 Å². The Labute approximate surface area is 280 Å². The molecule has 2 aliphatic heterocycles. The zero-order chi connectivity index (χ0) is 33.5. The van der Waals surface area contributed by atoms with Crippen molar-refractivity contribution in [2.45, 2.75) is 43.8 Å². The van der Waals surface area contributed by atoms with Crippen molar-refractivity contribution >= 4 is 29.3 Å². The smallest absolute Gasteiger partial charge is 0.253 e. The first kappa shape index (κ1) is 32.3. The maximum atomic E-state index is 14.6. The third kappa shape index (κ3) is 7.02. The van der Waals surface area contributed by atoms with Crippen LogP contribution in [0.1, 0.15) is 47.6 Å². The number of anilines is 1. The number of benzene rings is 2. The molecule has 0 aliphatic carbocycles. The van der Waals surface area contributed by atoms with Crippen LogP contribution in [0.5, 0.6) is 0 Å². The Balaban J connectivity index is 1.30. The molecule has 2 aliphatic rings. The Bertz CT molecular complexity index is 1740. The van der Waals surface area contributed by atoms with Gasteiger partial charge < -0.3 is 15.1 Å². The van der Waals surface area contributed by atoms with E-state index < -0.39 is 12.1 Å². The van der Waals surface area contributed by atoms with Gasteiger partial charge in [-0.1, -0.05) is 49.0 Å². The zero-order valence-electron chi connectivity index (χ0n) is 26.7. The second-order valence-electron chi connectivity index (χ2n) is 12.0.